The smallest absolute Gasteiger partial charge is 0.128 e. The van der Waals surface area contributed by atoms with Gasteiger partial charge in [-0.05, 0) is 32.4 Å². The SMILES string of the molecule is COc1c(C)cnc(CNC(C)c2cccnc2)c1C. The van der Waals surface area contributed by atoms with Crippen LogP contribution in [0.15, 0.2) is 30.7 Å². The van der Waals surface area contributed by atoms with Crippen molar-refractivity contribution in [2.45, 2.75) is 33.4 Å². The van der Waals surface area contributed by atoms with Gasteiger partial charge in [0.15, 0.2) is 0 Å². The van der Waals surface area contributed by atoms with Crippen LogP contribution in [0.5, 0.6) is 5.75 Å². The maximum atomic E-state index is 5.43. The first-order chi connectivity index (χ1) is 9.63. The zero-order chi connectivity index (χ0) is 14.5. The number of aromatic nitrogens is 2. The summed E-state index contributed by atoms with van der Waals surface area (Å²) in [4.78, 5) is 8.64. The second kappa shape index (κ2) is 6.48. The fourth-order valence-corrected chi connectivity index (χ4v) is 2.25. The van der Waals surface area contributed by atoms with Crippen LogP contribution in [0.4, 0.5) is 0 Å². The quantitative estimate of drug-likeness (QED) is 0.908. The zero-order valence-corrected chi connectivity index (χ0v) is 12.5. The number of hydrogen-bond donors (Lipinski definition) is 1. The Morgan fingerprint density at radius 3 is 2.75 bits per heavy atom. The zero-order valence-electron chi connectivity index (χ0n) is 12.5. The summed E-state index contributed by atoms with van der Waals surface area (Å²) >= 11 is 0. The Morgan fingerprint density at radius 2 is 2.10 bits per heavy atom. The van der Waals surface area contributed by atoms with Crippen molar-refractivity contribution < 1.29 is 4.74 Å². The van der Waals surface area contributed by atoms with Crippen molar-refractivity contribution >= 4 is 0 Å². The molecule has 0 amide bonds. The van der Waals surface area contributed by atoms with Gasteiger partial charge in [0.05, 0.1) is 12.8 Å². The normalized spacial score (nSPS) is 12.2. The molecule has 0 aliphatic heterocycles. The second-order valence-electron chi connectivity index (χ2n) is 4.94. The Bertz CT molecular complexity index is 569. The van der Waals surface area contributed by atoms with E-state index >= 15 is 0 Å². The van der Waals surface area contributed by atoms with Crippen LogP contribution < -0.4 is 10.1 Å². The van der Waals surface area contributed by atoms with Crippen molar-refractivity contribution in [1.82, 2.24) is 15.3 Å². The first-order valence-corrected chi connectivity index (χ1v) is 6.76. The highest BCUT2D eigenvalue weighted by Gasteiger charge is 2.11. The van der Waals surface area contributed by atoms with E-state index in [9.17, 15) is 0 Å². The highest BCUT2D eigenvalue weighted by molar-refractivity contribution is 5.41. The molecule has 0 saturated heterocycles. The lowest BCUT2D eigenvalue weighted by atomic mass is 10.1. The van der Waals surface area contributed by atoms with Crippen molar-refractivity contribution in [2.75, 3.05) is 7.11 Å². The number of aryl methyl sites for hydroxylation is 1. The molecule has 0 saturated carbocycles. The molecule has 0 spiro atoms. The van der Waals surface area contributed by atoms with Gasteiger partial charge in [0.25, 0.3) is 0 Å². The molecule has 0 aromatic carbocycles. The largest absolute Gasteiger partial charge is 0.496 e. The molecular weight excluding hydrogens is 250 g/mol. The third-order valence-electron chi connectivity index (χ3n) is 3.51. The minimum Gasteiger partial charge on any atom is -0.496 e. The van der Waals surface area contributed by atoms with Crippen molar-refractivity contribution in [3.8, 4) is 5.75 Å². The first kappa shape index (κ1) is 14.5. The van der Waals surface area contributed by atoms with E-state index in [4.69, 9.17) is 4.74 Å². The lowest BCUT2D eigenvalue weighted by molar-refractivity contribution is 0.406. The molecule has 2 aromatic rings. The van der Waals surface area contributed by atoms with E-state index in [-0.39, 0.29) is 6.04 Å². The molecule has 0 aliphatic carbocycles. The number of nitrogens with one attached hydrogen (secondary N) is 1. The summed E-state index contributed by atoms with van der Waals surface area (Å²) < 4.78 is 5.43. The molecule has 0 bridgehead atoms. The van der Waals surface area contributed by atoms with Gasteiger partial charge in [-0.25, -0.2) is 0 Å². The van der Waals surface area contributed by atoms with E-state index < -0.39 is 0 Å². The number of pyridine rings is 2. The highest BCUT2D eigenvalue weighted by atomic mass is 16.5. The van der Waals surface area contributed by atoms with Crippen LogP contribution in [-0.2, 0) is 6.54 Å². The standard InChI is InChI=1S/C16H21N3O/c1-11-8-19-15(12(2)16(11)20-4)10-18-13(3)14-6-5-7-17-9-14/h5-9,13,18H,10H2,1-4H3. The van der Waals surface area contributed by atoms with Gasteiger partial charge in [0.2, 0.25) is 0 Å². The van der Waals surface area contributed by atoms with Crippen molar-refractivity contribution in [3.05, 3.63) is 53.1 Å². The molecule has 2 heterocycles. The predicted molar refractivity (Wildman–Crippen MR) is 79.8 cm³/mol. The molecular formula is C16H21N3O. The Kier molecular flexibility index (Phi) is 4.69. The Hall–Kier alpha value is -1.94. The summed E-state index contributed by atoms with van der Waals surface area (Å²) in [6.07, 6.45) is 5.53. The van der Waals surface area contributed by atoms with E-state index in [1.54, 1.807) is 13.3 Å². The van der Waals surface area contributed by atoms with Crippen LogP contribution in [0.25, 0.3) is 0 Å². The summed E-state index contributed by atoms with van der Waals surface area (Å²) in [6.45, 7) is 6.88. The summed E-state index contributed by atoms with van der Waals surface area (Å²) in [6, 6.07) is 4.25. The lowest BCUT2D eigenvalue weighted by Gasteiger charge is -2.16. The highest BCUT2D eigenvalue weighted by Crippen LogP contribution is 2.24. The fourth-order valence-electron chi connectivity index (χ4n) is 2.25. The third kappa shape index (κ3) is 3.14. The first-order valence-electron chi connectivity index (χ1n) is 6.76. The van der Waals surface area contributed by atoms with Gasteiger partial charge in [-0.3, -0.25) is 9.97 Å². The average Bonchev–Trinajstić information content (AvgIpc) is 2.47. The summed E-state index contributed by atoms with van der Waals surface area (Å²) in [5.74, 6) is 0.922. The van der Waals surface area contributed by atoms with Crippen molar-refractivity contribution in [1.29, 1.82) is 0 Å². The number of ether oxygens (including phenoxy) is 1. The van der Waals surface area contributed by atoms with Gasteiger partial charge in [-0.1, -0.05) is 6.07 Å². The average molecular weight is 271 g/mol. The molecule has 20 heavy (non-hydrogen) atoms. The van der Waals surface area contributed by atoms with Gasteiger partial charge in [-0.2, -0.15) is 0 Å². The van der Waals surface area contributed by atoms with Gasteiger partial charge < -0.3 is 10.1 Å². The number of rotatable bonds is 5. The predicted octanol–water partition coefficient (Wildman–Crippen LogP) is 2.95. The number of nitrogens with zero attached hydrogens (tertiary/aromatic N) is 2. The van der Waals surface area contributed by atoms with Gasteiger partial charge in [0.1, 0.15) is 5.75 Å². The number of methoxy groups -OCH3 is 1. The van der Waals surface area contributed by atoms with Crippen molar-refractivity contribution in [2.24, 2.45) is 0 Å². The summed E-state index contributed by atoms with van der Waals surface area (Å²) in [7, 11) is 1.70. The Balaban J connectivity index is 2.08. The molecule has 1 unspecified atom stereocenters. The van der Waals surface area contributed by atoms with E-state index in [1.807, 2.05) is 32.3 Å². The monoisotopic (exact) mass is 271 g/mol. The van der Waals surface area contributed by atoms with Gasteiger partial charge in [-0.15, -0.1) is 0 Å². The van der Waals surface area contributed by atoms with Crippen molar-refractivity contribution in [3.63, 3.8) is 0 Å². The van der Waals surface area contributed by atoms with E-state index in [0.717, 1.165) is 22.6 Å². The topological polar surface area (TPSA) is 47.0 Å². The molecule has 0 aliphatic rings. The number of hydrogen-bond acceptors (Lipinski definition) is 4. The molecule has 4 nitrogen and oxygen atoms in total. The second-order valence-corrected chi connectivity index (χ2v) is 4.94. The fraction of sp³-hybridized carbons (Fsp3) is 0.375. The maximum Gasteiger partial charge on any atom is 0.128 e. The molecule has 1 N–H and O–H groups in total. The Labute approximate surface area is 120 Å². The van der Waals surface area contributed by atoms with Crippen LogP contribution in [0, 0.1) is 13.8 Å². The minimum absolute atomic E-state index is 0.234. The van der Waals surface area contributed by atoms with Crippen LogP contribution in [0.3, 0.4) is 0 Å². The lowest BCUT2D eigenvalue weighted by Crippen LogP contribution is -2.19. The minimum atomic E-state index is 0.234. The molecule has 106 valence electrons. The van der Waals surface area contributed by atoms with Crippen LogP contribution in [0.2, 0.25) is 0 Å². The van der Waals surface area contributed by atoms with E-state index in [1.165, 1.54) is 5.56 Å². The molecule has 0 radical (unpaired) electrons. The molecule has 0 fully saturated rings. The van der Waals surface area contributed by atoms with E-state index in [0.29, 0.717) is 6.54 Å². The van der Waals surface area contributed by atoms with E-state index in [2.05, 4.69) is 28.3 Å². The summed E-state index contributed by atoms with van der Waals surface area (Å²) in [5, 5.41) is 3.47. The van der Waals surface area contributed by atoms with Gasteiger partial charge >= 0.3 is 0 Å². The molecule has 4 heteroatoms. The molecule has 2 aromatic heterocycles. The summed E-state index contributed by atoms with van der Waals surface area (Å²) in [5.41, 5.74) is 4.35. The molecule has 2 rings (SSSR count). The van der Waals surface area contributed by atoms with Crippen LogP contribution in [-0.4, -0.2) is 17.1 Å². The van der Waals surface area contributed by atoms with Crippen LogP contribution >= 0.6 is 0 Å². The maximum absolute atomic E-state index is 5.43. The van der Waals surface area contributed by atoms with Crippen LogP contribution in [0.1, 0.15) is 35.3 Å². The third-order valence-corrected chi connectivity index (χ3v) is 3.51. The molecule has 1 atom stereocenters. The van der Waals surface area contributed by atoms with Gasteiger partial charge in [0, 0.05) is 42.3 Å². The Morgan fingerprint density at radius 1 is 1.30 bits per heavy atom.